The van der Waals surface area contributed by atoms with Crippen molar-refractivity contribution in [2.45, 2.75) is 35.8 Å². The molecule has 1 atom stereocenters. The second kappa shape index (κ2) is 9.77. The Labute approximate surface area is 192 Å². The molecule has 0 saturated carbocycles. The van der Waals surface area contributed by atoms with Gasteiger partial charge in [-0.2, -0.15) is 0 Å². The van der Waals surface area contributed by atoms with E-state index >= 15 is 0 Å². The highest BCUT2D eigenvalue weighted by Gasteiger charge is 2.18. The van der Waals surface area contributed by atoms with Crippen molar-refractivity contribution in [1.29, 1.82) is 0 Å². The predicted molar refractivity (Wildman–Crippen MR) is 129 cm³/mol. The monoisotopic (exact) mass is 474 g/mol. The number of hydrogen-bond acceptors (Lipinski definition) is 4. The van der Waals surface area contributed by atoms with Gasteiger partial charge in [0.05, 0.1) is 15.8 Å². The van der Waals surface area contributed by atoms with E-state index in [1.807, 2.05) is 51.1 Å². The van der Waals surface area contributed by atoms with Crippen LogP contribution in [0.3, 0.4) is 0 Å². The Morgan fingerprint density at radius 3 is 2.10 bits per heavy atom. The van der Waals surface area contributed by atoms with Gasteiger partial charge in [0.2, 0.25) is 5.91 Å². The summed E-state index contributed by atoms with van der Waals surface area (Å²) in [5.74, 6) is -0.177. The predicted octanol–water partition coefficient (Wildman–Crippen LogP) is 5.88. The summed E-state index contributed by atoms with van der Waals surface area (Å²) in [5.41, 5.74) is 2.80. The lowest BCUT2D eigenvalue weighted by Gasteiger charge is -2.14. The molecule has 0 aliphatic carbocycles. The van der Waals surface area contributed by atoms with Gasteiger partial charge in [-0.3, -0.25) is 9.52 Å². The number of benzene rings is 3. The molecule has 0 aromatic heterocycles. The first-order valence-electron chi connectivity index (χ1n) is 9.58. The van der Waals surface area contributed by atoms with Crippen LogP contribution in [0.2, 0.25) is 5.02 Å². The van der Waals surface area contributed by atoms with Gasteiger partial charge in [-0.15, -0.1) is 11.8 Å². The molecule has 0 aliphatic rings. The van der Waals surface area contributed by atoms with Crippen molar-refractivity contribution in [3.8, 4) is 0 Å². The topological polar surface area (TPSA) is 75.3 Å². The molecule has 31 heavy (non-hydrogen) atoms. The molecule has 8 heteroatoms. The Kier molecular flexibility index (Phi) is 7.30. The maximum Gasteiger partial charge on any atom is 0.261 e. The molecule has 3 aromatic rings. The Morgan fingerprint density at radius 1 is 0.935 bits per heavy atom. The van der Waals surface area contributed by atoms with Gasteiger partial charge < -0.3 is 5.32 Å². The van der Waals surface area contributed by atoms with Gasteiger partial charge >= 0.3 is 0 Å². The van der Waals surface area contributed by atoms with Gasteiger partial charge in [-0.05, 0) is 80.4 Å². The first kappa shape index (κ1) is 23.2. The molecule has 3 aromatic carbocycles. The maximum atomic E-state index is 12.8. The summed E-state index contributed by atoms with van der Waals surface area (Å²) in [4.78, 5) is 13.6. The number of carbonyl (C=O) groups is 1. The van der Waals surface area contributed by atoms with Crippen molar-refractivity contribution in [2.24, 2.45) is 0 Å². The lowest BCUT2D eigenvalue weighted by atomic mass is 10.1. The van der Waals surface area contributed by atoms with Crippen LogP contribution in [0, 0.1) is 13.8 Å². The molecule has 0 heterocycles. The molecule has 2 N–H and O–H groups in total. The van der Waals surface area contributed by atoms with Gasteiger partial charge in [0.25, 0.3) is 10.0 Å². The van der Waals surface area contributed by atoms with E-state index in [1.54, 1.807) is 24.3 Å². The molecule has 162 valence electrons. The normalized spacial score (nSPS) is 12.3. The standard InChI is InChI=1S/C23H23ClN2O3S2/c1-15-5-4-6-16(2)22(15)26-31(28,29)21-13-9-19(10-14-21)25-23(27)17(3)30-20-11-7-18(24)8-12-20/h4-14,17,26H,1-3H3,(H,25,27)/t17-/m0/s1. The first-order valence-corrected chi connectivity index (χ1v) is 12.3. The zero-order chi connectivity index (χ0) is 22.6. The molecule has 0 bridgehead atoms. The van der Waals surface area contributed by atoms with Crippen LogP contribution >= 0.6 is 23.4 Å². The van der Waals surface area contributed by atoms with Gasteiger partial charge in [-0.1, -0.05) is 29.8 Å². The third-order valence-electron chi connectivity index (χ3n) is 4.65. The van der Waals surface area contributed by atoms with E-state index in [0.717, 1.165) is 16.0 Å². The summed E-state index contributed by atoms with van der Waals surface area (Å²) in [6.45, 7) is 5.52. The fourth-order valence-corrected chi connectivity index (χ4v) is 5.10. The van der Waals surface area contributed by atoms with Crippen LogP contribution in [0.15, 0.2) is 76.5 Å². The molecule has 0 radical (unpaired) electrons. The van der Waals surface area contributed by atoms with E-state index in [9.17, 15) is 13.2 Å². The van der Waals surface area contributed by atoms with Crippen molar-refractivity contribution in [1.82, 2.24) is 0 Å². The van der Waals surface area contributed by atoms with Crippen LogP contribution < -0.4 is 10.0 Å². The second-order valence-electron chi connectivity index (χ2n) is 7.10. The van der Waals surface area contributed by atoms with Gasteiger partial charge in [0, 0.05) is 15.6 Å². The van der Waals surface area contributed by atoms with Crippen LogP contribution in [0.5, 0.6) is 0 Å². The molecule has 0 unspecified atom stereocenters. The number of anilines is 2. The van der Waals surface area contributed by atoms with Gasteiger partial charge in [-0.25, -0.2) is 8.42 Å². The van der Waals surface area contributed by atoms with Crippen molar-refractivity contribution in [2.75, 3.05) is 10.0 Å². The average molecular weight is 475 g/mol. The number of hydrogen-bond donors (Lipinski definition) is 2. The molecule has 0 aliphatic heterocycles. The highest BCUT2D eigenvalue weighted by atomic mass is 35.5. The summed E-state index contributed by atoms with van der Waals surface area (Å²) in [5, 5.41) is 3.12. The van der Waals surface area contributed by atoms with Crippen LogP contribution in [0.25, 0.3) is 0 Å². The number of aryl methyl sites for hydroxylation is 2. The number of sulfonamides is 1. The first-order chi connectivity index (χ1) is 14.7. The summed E-state index contributed by atoms with van der Waals surface area (Å²) >= 11 is 7.30. The lowest BCUT2D eigenvalue weighted by Crippen LogP contribution is -2.22. The van der Waals surface area contributed by atoms with Crippen molar-refractivity contribution < 1.29 is 13.2 Å². The van der Waals surface area contributed by atoms with Crippen molar-refractivity contribution in [3.05, 3.63) is 82.9 Å². The minimum Gasteiger partial charge on any atom is -0.325 e. The zero-order valence-corrected chi connectivity index (χ0v) is 19.7. The molecular weight excluding hydrogens is 452 g/mol. The number of halogens is 1. The minimum absolute atomic E-state index is 0.122. The van der Waals surface area contributed by atoms with Crippen molar-refractivity contribution >= 4 is 50.7 Å². The Hall–Kier alpha value is -2.48. The number of para-hydroxylation sites is 1. The van der Waals surface area contributed by atoms with E-state index in [1.165, 1.54) is 23.9 Å². The number of carbonyl (C=O) groups excluding carboxylic acids is 1. The number of amides is 1. The lowest BCUT2D eigenvalue weighted by molar-refractivity contribution is -0.115. The zero-order valence-electron chi connectivity index (χ0n) is 17.3. The fraction of sp³-hybridized carbons (Fsp3) is 0.174. The Balaban J connectivity index is 1.66. The van der Waals surface area contributed by atoms with Crippen LogP contribution in [0.1, 0.15) is 18.1 Å². The molecule has 5 nitrogen and oxygen atoms in total. The fourth-order valence-electron chi connectivity index (χ4n) is 2.90. The molecule has 0 fully saturated rings. The van der Waals surface area contributed by atoms with Gasteiger partial charge in [0.1, 0.15) is 0 Å². The Morgan fingerprint density at radius 2 is 1.52 bits per heavy atom. The molecular formula is C23H23ClN2O3S2. The van der Waals surface area contributed by atoms with E-state index in [2.05, 4.69) is 10.0 Å². The van der Waals surface area contributed by atoms with E-state index < -0.39 is 10.0 Å². The summed E-state index contributed by atoms with van der Waals surface area (Å²) < 4.78 is 28.2. The highest BCUT2D eigenvalue weighted by Crippen LogP contribution is 2.27. The minimum atomic E-state index is -3.74. The Bertz CT molecular complexity index is 1160. The van der Waals surface area contributed by atoms with E-state index in [4.69, 9.17) is 11.6 Å². The third kappa shape index (κ3) is 6.03. The highest BCUT2D eigenvalue weighted by molar-refractivity contribution is 8.00. The number of thioether (sulfide) groups is 1. The van der Waals surface area contributed by atoms with Crippen LogP contribution in [-0.4, -0.2) is 19.6 Å². The van der Waals surface area contributed by atoms with Crippen LogP contribution in [-0.2, 0) is 14.8 Å². The SMILES string of the molecule is Cc1cccc(C)c1NS(=O)(=O)c1ccc(NC(=O)[C@H](C)Sc2ccc(Cl)cc2)cc1. The van der Waals surface area contributed by atoms with Crippen LogP contribution in [0.4, 0.5) is 11.4 Å². The molecule has 1 amide bonds. The van der Waals surface area contributed by atoms with E-state index in [-0.39, 0.29) is 16.1 Å². The maximum absolute atomic E-state index is 12.8. The van der Waals surface area contributed by atoms with E-state index in [0.29, 0.717) is 16.4 Å². The molecule has 0 saturated heterocycles. The quantitative estimate of drug-likeness (QED) is 0.419. The smallest absolute Gasteiger partial charge is 0.261 e. The summed E-state index contributed by atoms with van der Waals surface area (Å²) in [7, 11) is -3.74. The number of nitrogens with one attached hydrogen (secondary N) is 2. The van der Waals surface area contributed by atoms with Crippen molar-refractivity contribution in [3.63, 3.8) is 0 Å². The summed E-state index contributed by atoms with van der Waals surface area (Å²) in [6, 6.07) is 19.0. The molecule has 0 spiro atoms. The largest absolute Gasteiger partial charge is 0.325 e. The third-order valence-corrected chi connectivity index (χ3v) is 7.37. The second-order valence-corrected chi connectivity index (χ2v) is 10.6. The van der Waals surface area contributed by atoms with Gasteiger partial charge in [0.15, 0.2) is 0 Å². The average Bonchev–Trinajstić information content (AvgIpc) is 2.73. The number of rotatable bonds is 7. The molecule has 3 rings (SSSR count). The summed E-state index contributed by atoms with van der Waals surface area (Å²) in [6.07, 6.45) is 0.